The molecule has 0 radical (unpaired) electrons. The molecule has 0 bridgehead atoms. The van der Waals surface area contributed by atoms with Crippen LogP contribution in [0.15, 0.2) is 0 Å². The fourth-order valence-electron chi connectivity index (χ4n) is 3.14. The molecule has 0 aromatic heterocycles. The monoisotopic (exact) mass is 188 g/mol. The van der Waals surface area contributed by atoms with Gasteiger partial charge in [-0.25, -0.2) is 0 Å². The fourth-order valence-corrected chi connectivity index (χ4v) is 3.14. The molecule has 0 heterocycles. The molecule has 2 rings (SSSR count). The predicted molar refractivity (Wildman–Crippen MR) is 48.7 cm³/mol. The molecule has 4 atom stereocenters. The largest absolute Gasteiger partial charge is 0.299 e. The first kappa shape index (κ1) is 9.21. The first-order valence-corrected chi connectivity index (χ1v) is 4.97. The first-order chi connectivity index (χ1) is 6.65. The second kappa shape index (κ2) is 2.82. The summed E-state index contributed by atoms with van der Waals surface area (Å²) >= 11 is 0. The summed E-state index contributed by atoms with van der Waals surface area (Å²) in [6, 6.07) is 4.30. The van der Waals surface area contributed by atoms with Crippen LogP contribution in [0.2, 0.25) is 0 Å². The maximum atomic E-state index is 11.6. The molecule has 4 unspecified atom stereocenters. The summed E-state index contributed by atoms with van der Waals surface area (Å²) in [5, 5.41) is 17.9. The van der Waals surface area contributed by atoms with Crippen LogP contribution in [-0.4, -0.2) is 5.78 Å². The van der Waals surface area contributed by atoms with E-state index in [0.717, 1.165) is 12.8 Å². The van der Waals surface area contributed by atoms with E-state index in [1.807, 2.05) is 6.92 Å². The molecule has 0 aliphatic heterocycles. The maximum absolute atomic E-state index is 11.6. The van der Waals surface area contributed by atoms with Gasteiger partial charge in [0, 0.05) is 12.3 Å². The van der Waals surface area contributed by atoms with Gasteiger partial charge in [0.25, 0.3) is 0 Å². The minimum absolute atomic E-state index is 0.161. The Labute approximate surface area is 83.3 Å². The summed E-state index contributed by atoms with van der Waals surface area (Å²) in [7, 11) is 0. The van der Waals surface area contributed by atoms with Gasteiger partial charge >= 0.3 is 0 Å². The van der Waals surface area contributed by atoms with Crippen LogP contribution in [0, 0.1) is 45.8 Å². The number of nitriles is 2. The highest BCUT2D eigenvalue weighted by Gasteiger charge is 2.63. The average Bonchev–Trinajstić information content (AvgIpc) is 2.13. The number of carbonyl (C=O) groups excluding carboxylic acids is 1. The molecular formula is C11H12N2O. The highest BCUT2D eigenvalue weighted by Crippen LogP contribution is 2.60. The number of carbonyl (C=O) groups is 1. The number of rotatable bonds is 0. The molecule has 3 heteroatoms. The van der Waals surface area contributed by atoms with E-state index in [1.165, 1.54) is 0 Å². The van der Waals surface area contributed by atoms with Crippen LogP contribution in [0.4, 0.5) is 0 Å². The average molecular weight is 188 g/mol. The predicted octanol–water partition coefficient (Wildman–Crippen LogP) is 1.66. The Morgan fingerprint density at radius 2 is 2.14 bits per heavy atom. The molecule has 0 aromatic carbocycles. The van der Waals surface area contributed by atoms with Crippen molar-refractivity contribution in [3.8, 4) is 12.1 Å². The van der Waals surface area contributed by atoms with E-state index in [9.17, 15) is 4.79 Å². The maximum Gasteiger partial charge on any atom is 0.137 e. The van der Waals surface area contributed by atoms with Crippen molar-refractivity contribution in [3.63, 3.8) is 0 Å². The van der Waals surface area contributed by atoms with Crippen molar-refractivity contribution in [3.05, 3.63) is 0 Å². The molecule has 2 aliphatic rings. The van der Waals surface area contributed by atoms with Crippen molar-refractivity contribution >= 4 is 5.78 Å². The number of Topliss-reactive ketones (excluding diaryl/α,β-unsaturated/α-hetero) is 1. The summed E-state index contributed by atoms with van der Waals surface area (Å²) in [6.07, 6.45) is 2.39. The molecule has 2 saturated carbocycles. The number of hydrogen-bond acceptors (Lipinski definition) is 3. The van der Waals surface area contributed by atoms with Gasteiger partial charge in [-0.15, -0.1) is 0 Å². The van der Waals surface area contributed by atoms with Gasteiger partial charge in [-0.05, 0) is 18.3 Å². The van der Waals surface area contributed by atoms with Crippen molar-refractivity contribution in [1.82, 2.24) is 0 Å². The Morgan fingerprint density at radius 1 is 1.43 bits per heavy atom. The number of hydrogen-bond donors (Lipinski definition) is 0. The standard InChI is InChI=1S/C11H12N2O/c1-11-4-2-3-9(14)10(11)7(5-12)8(11)6-13/h7-8,10H,2-4H2,1H3. The minimum atomic E-state index is -0.349. The summed E-state index contributed by atoms with van der Waals surface area (Å²) in [4.78, 5) is 11.6. The van der Waals surface area contributed by atoms with Crippen molar-refractivity contribution in [2.75, 3.05) is 0 Å². The minimum Gasteiger partial charge on any atom is -0.299 e. The van der Waals surface area contributed by atoms with Gasteiger partial charge in [0.05, 0.1) is 24.0 Å². The fraction of sp³-hybridized carbons (Fsp3) is 0.727. The lowest BCUT2D eigenvalue weighted by Crippen LogP contribution is -2.59. The Morgan fingerprint density at radius 3 is 2.71 bits per heavy atom. The highest BCUT2D eigenvalue weighted by atomic mass is 16.1. The summed E-state index contributed by atoms with van der Waals surface area (Å²) in [5.41, 5.74) is -0.204. The summed E-state index contributed by atoms with van der Waals surface area (Å²) < 4.78 is 0. The Hall–Kier alpha value is -1.35. The lowest BCUT2D eigenvalue weighted by Gasteiger charge is -2.56. The van der Waals surface area contributed by atoms with E-state index in [1.54, 1.807) is 0 Å². The van der Waals surface area contributed by atoms with Crippen molar-refractivity contribution in [1.29, 1.82) is 10.5 Å². The molecule has 14 heavy (non-hydrogen) atoms. The first-order valence-electron chi connectivity index (χ1n) is 4.97. The molecule has 0 N–H and O–H groups in total. The quantitative estimate of drug-likeness (QED) is 0.580. The van der Waals surface area contributed by atoms with Crippen molar-refractivity contribution in [2.24, 2.45) is 23.2 Å². The summed E-state index contributed by atoms with van der Waals surface area (Å²) in [5.74, 6) is -0.553. The van der Waals surface area contributed by atoms with E-state index in [0.29, 0.717) is 6.42 Å². The van der Waals surface area contributed by atoms with E-state index in [-0.39, 0.29) is 29.0 Å². The molecule has 72 valence electrons. The van der Waals surface area contributed by atoms with Gasteiger partial charge in [0.15, 0.2) is 0 Å². The molecule has 0 amide bonds. The molecule has 2 fully saturated rings. The van der Waals surface area contributed by atoms with Crippen LogP contribution in [0.1, 0.15) is 26.2 Å². The zero-order valence-corrected chi connectivity index (χ0v) is 8.16. The third-order valence-corrected chi connectivity index (χ3v) is 3.91. The third kappa shape index (κ3) is 0.876. The van der Waals surface area contributed by atoms with Gasteiger partial charge < -0.3 is 0 Å². The van der Waals surface area contributed by atoms with Crippen molar-refractivity contribution in [2.45, 2.75) is 26.2 Å². The van der Waals surface area contributed by atoms with E-state index in [2.05, 4.69) is 12.1 Å². The molecule has 2 aliphatic carbocycles. The topological polar surface area (TPSA) is 64.7 Å². The lowest BCUT2D eigenvalue weighted by molar-refractivity contribution is -0.150. The smallest absolute Gasteiger partial charge is 0.137 e. The summed E-state index contributed by atoms with van der Waals surface area (Å²) in [6.45, 7) is 1.98. The number of nitrogens with zero attached hydrogens (tertiary/aromatic N) is 2. The molecule has 0 aromatic rings. The van der Waals surface area contributed by atoms with Crippen LogP contribution < -0.4 is 0 Å². The molecular weight excluding hydrogens is 176 g/mol. The van der Waals surface area contributed by atoms with Crippen LogP contribution in [0.3, 0.4) is 0 Å². The zero-order valence-electron chi connectivity index (χ0n) is 8.16. The van der Waals surface area contributed by atoms with E-state index < -0.39 is 0 Å². The zero-order chi connectivity index (χ0) is 10.3. The normalized spacial score (nSPS) is 45.6. The van der Waals surface area contributed by atoms with E-state index in [4.69, 9.17) is 10.5 Å². The van der Waals surface area contributed by atoms with Crippen molar-refractivity contribution < 1.29 is 4.79 Å². The molecule has 0 saturated heterocycles. The van der Waals surface area contributed by atoms with E-state index >= 15 is 0 Å². The van der Waals surface area contributed by atoms with Crippen LogP contribution in [0.25, 0.3) is 0 Å². The molecule has 0 spiro atoms. The Bertz CT molecular complexity index is 362. The number of fused-ring (bicyclic) bond motifs is 1. The Balaban J connectivity index is 2.33. The Kier molecular flexibility index (Phi) is 1.86. The second-order valence-electron chi connectivity index (χ2n) is 4.57. The van der Waals surface area contributed by atoms with Gasteiger partial charge in [-0.1, -0.05) is 6.92 Å². The second-order valence-corrected chi connectivity index (χ2v) is 4.57. The third-order valence-electron chi connectivity index (χ3n) is 3.91. The van der Waals surface area contributed by atoms with Crippen LogP contribution >= 0.6 is 0 Å². The SMILES string of the molecule is CC12CCCC(=O)C1C(C#N)C2C#N. The molecule has 3 nitrogen and oxygen atoms in total. The number of ketones is 1. The lowest BCUT2D eigenvalue weighted by atomic mass is 9.43. The van der Waals surface area contributed by atoms with Gasteiger partial charge in [-0.3, -0.25) is 4.79 Å². The van der Waals surface area contributed by atoms with Gasteiger partial charge in [0.1, 0.15) is 5.78 Å². The van der Waals surface area contributed by atoms with Crippen LogP contribution in [0.5, 0.6) is 0 Å². The van der Waals surface area contributed by atoms with Gasteiger partial charge in [0.2, 0.25) is 0 Å². The van der Waals surface area contributed by atoms with Crippen LogP contribution in [-0.2, 0) is 4.79 Å². The highest BCUT2D eigenvalue weighted by molar-refractivity contribution is 5.85. The van der Waals surface area contributed by atoms with Gasteiger partial charge in [-0.2, -0.15) is 10.5 Å².